The summed E-state index contributed by atoms with van der Waals surface area (Å²) in [5.41, 5.74) is 7.15. The van der Waals surface area contributed by atoms with Crippen molar-refractivity contribution in [2.24, 2.45) is 0 Å². The van der Waals surface area contributed by atoms with E-state index in [1.807, 2.05) is 0 Å². The number of carbonyl (C=O) groups excluding carboxylic acids is 1. The first kappa shape index (κ1) is 17.5. The van der Waals surface area contributed by atoms with Gasteiger partial charge in [-0.1, -0.05) is 0 Å². The minimum absolute atomic E-state index is 0.00541. The summed E-state index contributed by atoms with van der Waals surface area (Å²) in [5, 5.41) is 14.5. The van der Waals surface area contributed by atoms with Crippen LogP contribution < -0.4 is 5.32 Å². The van der Waals surface area contributed by atoms with E-state index in [0.717, 1.165) is 5.21 Å². The molecule has 0 radical (unpaired) electrons. The molecule has 0 aliphatic heterocycles. The maximum absolute atomic E-state index is 11.7. The topological polar surface area (TPSA) is 81.5 Å². The Kier molecular flexibility index (Phi) is 6.21. The molecule has 0 aromatic heterocycles. The van der Waals surface area contributed by atoms with Gasteiger partial charge >= 0.3 is 127 Å². The molecule has 116 valence electrons. The molecule has 1 atom stereocenters. The van der Waals surface area contributed by atoms with Gasteiger partial charge in [0.1, 0.15) is 0 Å². The second-order valence-corrected chi connectivity index (χ2v) is 16.4. The van der Waals surface area contributed by atoms with E-state index in [1.165, 1.54) is 6.07 Å². The molecule has 1 aromatic carbocycles. The number of carbonyl (C=O) groups is 1. The zero-order valence-electron chi connectivity index (χ0n) is 12.8. The molecule has 0 aliphatic carbocycles. The SMILES string of the molecule is CC(NC(=O)OCC[As+](C)(C)C)c1ccccc1[N+](=O)[O-]. The summed E-state index contributed by atoms with van der Waals surface area (Å²) in [7, 11) is 0. The molecule has 0 saturated heterocycles. The number of alkyl carbamates (subject to hydrolysis) is 1. The van der Waals surface area contributed by atoms with Gasteiger partial charge in [0, 0.05) is 0 Å². The molecule has 0 spiro atoms. The van der Waals surface area contributed by atoms with E-state index in [1.54, 1.807) is 25.1 Å². The van der Waals surface area contributed by atoms with Crippen LogP contribution in [0.3, 0.4) is 0 Å². The van der Waals surface area contributed by atoms with E-state index in [0.29, 0.717) is 12.2 Å². The van der Waals surface area contributed by atoms with Gasteiger partial charge in [-0.15, -0.1) is 0 Å². The Morgan fingerprint density at radius 1 is 1.38 bits per heavy atom. The zero-order chi connectivity index (χ0) is 16.0. The number of nitrogens with zero attached hydrogens (tertiary/aromatic N) is 1. The van der Waals surface area contributed by atoms with Gasteiger partial charge in [0.25, 0.3) is 0 Å². The van der Waals surface area contributed by atoms with E-state index in [4.69, 9.17) is 4.74 Å². The molecule has 7 heteroatoms. The van der Waals surface area contributed by atoms with Crippen LogP contribution in [0.4, 0.5) is 10.5 Å². The molecule has 0 fully saturated rings. The molecule has 0 saturated carbocycles. The predicted molar refractivity (Wildman–Crippen MR) is 84.1 cm³/mol. The van der Waals surface area contributed by atoms with Crippen molar-refractivity contribution in [1.29, 1.82) is 0 Å². The first-order valence-corrected chi connectivity index (χ1v) is 13.6. The fourth-order valence-electron chi connectivity index (χ4n) is 1.73. The summed E-state index contributed by atoms with van der Waals surface area (Å²) in [5.74, 6) is 0. The molecule has 21 heavy (non-hydrogen) atoms. The minimum atomic E-state index is -1.56. The second-order valence-electron chi connectivity index (χ2n) is 5.83. The molecule has 1 N–H and O–H groups in total. The molecule has 0 heterocycles. The van der Waals surface area contributed by atoms with Gasteiger partial charge in [0.2, 0.25) is 0 Å². The molecular formula is C14H22AsN2O4+. The fraction of sp³-hybridized carbons (Fsp3) is 0.500. The number of para-hydroxylation sites is 1. The Balaban J connectivity index is 2.59. The van der Waals surface area contributed by atoms with Gasteiger partial charge in [-0.05, 0) is 0 Å². The molecule has 1 aromatic rings. The third kappa shape index (κ3) is 6.17. The Bertz CT molecular complexity index is 514. The van der Waals surface area contributed by atoms with Crippen LogP contribution in [0.15, 0.2) is 24.3 Å². The number of nitro groups is 1. The number of hydrogen-bond donors (Lipinski definition) is 1. The van der Waals surface area contributed by atoms with Crippen LogP contribution in [-0.2, 0) is 4.74 Å². The summed E-state index contributed by atoms with van der Waals surface area (Å²) < 4.78 is 5.13. The van der Waals surface area contributed by atoms with Crippen LogP contribution in [0.25, 0.3) is 0 Å². The molecule has 1 rings (SSSR count). The molecule has 1 amide bonds. The summed E-state index contributed by atoms with van der Waals surface area (Å²) >= 11 is -1.56. The normalized spacial score (nSPS) is 12.6. The summed E-state index contributed by atoms with van der Waals surface area (Å²) in [6.45, 7) is 2.09. The summed E-state index contributed by atoms with van der Waals surface area (Å²) in [6.07, 6.45) is -0.537. The first-order chi connectivity index (χ1) is 9.70. The molecule has 0 bridgehead atoms. The first-order valence-electron chi connectivity index (χ1n) is 6.68. The monoisotopic (exact) mass is 357 g/mol. The standard InChI is InChI=1S/C14H21AsN2O4/c1-11(12-7-5-6-8-13(12)17(19)20)16-14(18)21-10-9-15(2,3)4/h5-8,11H,9-10H2,1-4H3/p+1. The van der Waals surface area contributed by atoms with Crippen LogP contribution >= 0.6 is 0 Å². The fourth-order valence-corrected chi connectivity index (χ4v) is 3.07. The van der Waals surface area contributed by atoms with Crippen LogP contribution in [0.1, 0.15) is 18.5 Å². The second kappa shape index (κ2) is 7.45. The molecule has 1 unspecified atom stereocenters. The Morgan fingerprint density at radius 2 is 2.00 bits per heavy atom. The molecular weight excluding hydrogens is 335 g/mol. The van der Waals surface area contributed by atoms with Gasteiger partial charge in [0.15, 0.2) is 0 Å². The number of nitrogens with one attached hydrogen (secondary N) is 1. The van der Waals surface area contributed by atoms with Gasteiger partial charge < -0.3 is 0 Å². The Morgan fingerprint density at radius 3 is 2.57 bits per heavy atom. The van der Waals surface area contributed by atoms with Crippen LogP contribution in [0, 0.1) is 10.1 Å². The number of amides is 1. The molecule has 6 nitrogen and oxygen atoms in total. The average molecular weight is 357 g/mol. The van der Waals surface area contributed by atoms with Crippen molar-refractivity contribution in [3.05, 3.63) is 39.9 Å². The van der Waals surface area contributed by atoms with Crippen LogP contribution in [0.5, 0.6) is 0 Å². The summed E-state index contributed by atoms with van der Waals surface area (Å²) in [6, 6.07) is 5.88. The number of benzene rings is 1. The Labute approximate surface area is 127 Å². The van der Waals surface area contributed by atoms with Crippen molar-refractivity contribution in [2.75, 3.05) is 6.61 Å². The van der Waals surface area contributed by atoms with Crippen molar-refractivity contribution in [3.63, 3.8) is 0 Å². The average Bonchev–Trinajstić information content (AvgIpc) is 2.37. The number of ether oxygens (including phenoxy) is 1. The van der Waals surface area contributed by atoms with Gasteiger partial charge in [-0.2, -0.15) is 0 Å². The quantitative estimate of drug-likeness (QED) is 0.478. The van der Waals surface area contributed by atoms with Crippen molar-refractivity contribution < 1.29 is 14.5 Å². The number of rotatable bonds is 6. The van der Waals surface area contributed by atoms with E-state index >= 15 is 0 Å². The van der Waals surface area contributed by atoms with E-state index < -0.39 is 30.6 Å². The van der Waals surface area contributed by atoms with Gasteiger partial charge in [-0.25, -0.2) is 0 Å². The van der Waals surface area contributed by atoms with E-state index in [9.17, 15) is 14.9 Å². The van der Waals surface area contributed by atoms with Crippen molar-refractivity contribution in [1.82, 2.24) is 5.32 Å². The van der Waals surface area contributed by atoms with Gasteiger partial charge in [-0.3, -0.25) is 0 Å². The van der Waals surface area contributed by atoms with Gasteiger partial charge in [0.05, 0.1) is 0 Å². The van der Waals surface area contributed by atoms with E-state index in [2.05, 4.69) is 22.5 Å². The third-order valence-electron chi connectivity index (χ3n) is 2.93. The summed E-state index contributed by atoms with van der Waals surface area (Å²) in [4.78, 5) is 22.2. The van der Waals surface area contributed by atoms with Crippen LogP contribution in [-0.4, -0.2) is 31.2 Å². The Hall–Kier alpha value is -1.55. The number of nitro benzene ring substituents is 1. The predicted octanol–water partition coefficient (Wildman–Crippen LogP) is 3.72. The van der Waals surface area contributed by atoms with Crippen molar-refractivity contribution >= 4 is 25.3 Å². The number of hydrogen-bond acceptors (Lipinski definition) is 4. The zero-order valence-corrected chi connectivity index (χ0v) is 14.7. The third-order valence-corrected chi connectivity index (χ3v) is 6.13. The molecule has 0 aliphatic rings. The van der Waals surface area contributed by atoms with Crippen molar-refractivity contribution in [3.8, 4) is 0 Å². The van der Waals surface area contributed by atoms with E-state index in [-0.39, 0.29) is 5.69 Å². The maximum atomic E-state index is 11.7. The van der Waals surface area contributed by atoms with Crippen LogP contribution in [0.2, 0.25) is 22.3 Å². The van der Waals surface area contributed by atoms with Crippen molar-refractivity contribution in [2.45, 2.75) is 35.3 Å².